The lowest BCUT2D eigenvalue weighted by atomic mass is 9.99. The van der Waals surface area contributed by atoms with Crippen molar-refractivity contribution in [2.45, 2.75) is 32.0 Å². The molecule has 4 rings (SSSR count). The quantitative estimate of drug-likeness (QED) is 0.332. The Hall–Kier alpha value is -2.89. The predicted octanol–water partition coefficient (Wildman–Crippen LogP) is 6.85. The molecule has 3 aromatic carbocycles. The van der Waals surface area contributed by atoms with Crippen molar-refractivity contribution < 1.29 is 23.0 Å². The first kappa shape index (κ1) is 21.3. The Morgan fingerprint density at radius 3 is 2.39 bits per heavy atom. The molecule has 1 aliphatic heterocycles. The van der Waals surface area contributed by atoms with Crippen molar-refractivity contribution >= 4 is 12.2 Å². The van der Waals surface area contributed by atoms with E-state index in [2.05, 4.69) is 0 Å². The normalized spacial score (nSPS) is 16.6. The van der Waals surface area contributed by atoms with Gasteiger partial charge in [-0.2, -0.15) is 0 Å². The molecule has 3 aromatic rings. The molecule has 0 aliphatic carbocycles. The molecular weight excluding hydrogens is 401 g/mol. The van der Waals surface area contributed by atoms with Crippen LogP contribution in [0.4, 0.5) is 13.2 Å². The Balaban J connectivity index is 1.50. The van der Waals surface area contributed by atoms with Crippen LogP contribution in [0.1, 0.15) is 54.2 Å². The highest BCUT2D eigenvalue weighted by atomic mass is 19.2. The van der Waals surface area contributed by atoms with Gasteiger partial charge in [0.05, 0.1) is 12.7 Å². The van der Waals surface area contributed by atoms with Gasteiger partial charge in [-0.05, 0) is 29.2 Å². The summed E-state index contributed by atoms with van der Waals surface area (Å²) in [5, 5.41) is 10.0. The number of halogens is 3. The first-order valence-electron chi connectivity index (χ1n) is 10.3. The lowest BCUT2D eigenvalue weighted by Gasteiger charge is -2.10. The van der Waals surface area contributed by atoms with Crippen LogP contribution in [0.15, 0.2) is 54.6 Å². The van der Waals surface area contributed by atoms with Gasteiger partial charge in [0.15, 0.2) is 11.6 Å². The molecule has 5 heteroatoms. The lowest BCUT2D eigenvalue weighted by molar-refractivity contribution is 0.166. The zero-order chi connectivity index (χ0) is 22.0. The Morgan fingerprint density at radius 1 is 1.00 bits per heavy atom. The van der Waals surface area contributed by atoms with Crippen molar-refractivity contribution in [1.29, 1.82) is 0 Å². The topological polar surface area (TPSA) is 32.8 Å². The van der Waals surface area contributed by atoms with Crippen LogP contribution in [0.5, 0.6) is 0 Å². The van der Waals surface area contributed by atoms with Gasteiger partial charge < -0.3 is 9.84 Å². The summed E-state index contributed by atoms with van der Waals surface area (Å²) >= 11 is 0. The molecule has 0 spiro atoms. The van der Waals surface area contributed by atoms with Crippen LogP contribution < -0.4 is 0 Å². The predicted molar refractivity (Wildman–Crippen MR) is 116 cm³/mol. The second-order valence-corrected chi connectivity index (χ2v) is 7.69. The smallest absolute Gasteiger partial charge is 0.167 e. The average molecular weight is 424 g/mol. The number of hydrogen-bond donors (Lipinski definition) is 1. The molecule has 160 valence electrons. The number of hydrogen-bond acceptors (Lipinski definition) is 2. The summed E-state index contributed by atoms with van der Waals surface area (Å²) in [5.74, 6) is -2.16. The fourth-order valence-corrected chi connectivity index (χ4v) is 3.55. The van der Waals surface area contributed by atoms with E-state index in [0.29, 0.717) is 29.7 Å². The van der Waals surface area contributed by atoms with Crippen LogP contribution in [0, 0.1) is 17.5 Å². The molecule has 1 N–H and O–H groups in total. The minimum absolute atomic E-state index is 0.185. The Kier molecular flexibility index (Phi) is 6.25. The van der Waals surface area contributed by atoms with E-state index in [0.717, 1.165) is 12.0 Å². The van der Waals surface area contributed by atoms with E-state index in [9.17, 15) is 18.3 Å². The van der Waals surface area contributed by atoms with Crippen molar-refractivity contribution in [3.05, 3.63) is 94.3 Å². The zero-order valence-corrected chi connectivity index (χ0v) is 17.1. The number of benzene rings is 3. The van der Waals surface area contributed by atoms with Gasteiger partial charge >= 0.3 is 0 Å². The highest BCUT2D eigenvalue weighted by Gasteiger charge is 2.30. The standard InChI is InChI=1S/C26H23F3O2/c1-2-3-23(30)19-11-10-18(22(27)14-19)9-6-16-4-7-17(8-5-16)20-12-13-21(24-15-31-24)26(29)25(20)28/h4-14,23-24,30H,2-3,15H2,1H3/b9-6+. The largest absolute Gasteiger partial charge is 0.388 e. The van der Waals surface area contributed by atoms with Crippen molar-refractivity contribution in [3.63, 3.8) is 0 Å². The third-order valence-corrected chi connectivity index (χ3v) is 5.44. The van der Waals surface area contributed by atoms with Crippen molar-refractivity contribution in [3.8, 4) is 11.1 Å². The summed E-state index contributed by atoms with van der Waals surface area (Å²) < 4.78 is 48.2. The van der Waals surface area contributed by atoms with Crippen LogP contribution >= 0.6 is 0 Å². The van der Waals surface area contributed by atoms with E-state index >= 15 is 0 Å². The molecule has 0 radical (unpaired) electrons. The minimum atomic E-state index is -0.885. The van der Waals surface area contributed by atoms with Gasteiger partial charge in [-0.1, -0.05) is 74.0 Å². The summed E-state index contributed by atoms with van der Waals surface area (Å²) in [6, 6.07) is 14.8. The first-order valence-corrected chi connectivity index (χ1v) is 10.3. The van der Waals surface area contributed by atoms with Gasteiger partial charge in [-0.25, -0.2) is 13.2 Å². The Labute approximate surface area is 179 Å². The van der Waals surface area contributed by atoms with Crippen molar-refractivity contribution in [2.75, 3.05) is 6.61 Å². The van der Waals surface area contributed by atoms with E-state index in [4.69, 9.17) is 4.74 Å². The van der Waals surface area contributed by atoms with E-state index in [1.165, 1.54) is 6.07 Å². The summed E-state index contributed by atoms with van der Waals surface area (Å²) in [5.41, 5.74) is 2.75. The molecule has 0 aromatic heterocycles. The number of aliphatic hydroxyl groups is 1. The number of aliphatic hydroxyl groups excluding tert-OH is 1. The molecule has 0 saturated carbocycles. The van der Waals surface area contributed by atoms with Crippen LogP contribution in [0.25, 0.3) is 23.3 Å². The third kappa shape index (κ3) is 4.73. The summed E-state index contributed by atoms with van der Waals surface area (Å²) in [7, 11) is 0. The van der Waals surface area contributed by atoms with Gasteiger partial charge in [-0.3, -0.25) is 0 Å². The molecule has 0 amide bonds. The second kappa shape index (κ2) is 9.08. The van der Waals surface area contributed by atoms with Gasteiger partial charge in [0, 0.05) is 16.7 Å². The molecule has 1 fully saturated rings. The average Bonchev–Trinajstić information content (AvgIpc) is 3.60. The molecule has 2 unspecified atom stereocenters. The zero-order valence-electron chi connectivity index (χ0n) is 17.1. The van der Waals surface area contributed by atoms with E-state index < -0.39 is 23.6 Å². The van der Waals surface area contributed by atoms with Gasteiger partial charge in [0.1, 0.15) is 11.9 Å². The summed E-state index contributed by atoms with van der Waals surface area (Å²) in [6.07, 6.45) is 3.78. The van der Waals surface area contributed by atoms with Gasteiger partial charge in [0.25, 0.3) is 0 Å². The molecule has 1 aliphatic rings. The van der Waals surface area contributed by atoms with E-state index in [1.54, 1.807) is 60.7 Å². The second-order valence-electron chi connectivity index (χ2n) is 7.69. The number of ether oxygens (including phenoxy) is 1. The minimum Gasteiger partial charge on any atom is -0.388 e. The third-order valence-electron chi connectivity index (χ3n) is 5.44. The van der Waals surface area contributed by atoms with Crippen LogP contribution in [-0.2, 0) is 4.74 Å². The molecule has 1 heterocycles. The SMILES string of the molecule is CCCC(O)c1ccc(/C=C/c2ccc(-c3ccc(C4CO4)c(F)c3F)cc2)c(F)c1. The van der Waals surface area contributed by atoms with Crippen LogP contribution in [0.2, 0.25) is 0 Å². The van der Waals surface area contributed by atoms with Crippen molar-refractivity contribution in [2.24, 2.45) is 0 Å². The molecular formula is C26H23F3O2. The Morgan fingerprint density at radius 2 is 1.74 bits per heavy atom. The molecule has 2 nitrogen and oxygen atoms in total. The van der Waals surface area contributed by atoms with E-state index in [-0.39, 0.29) is 17.2 Å². The van der Waals surface area contributed by atoms with Gasteiger partial charge in [0.2, 0.25) is 0 Å². The molecule has 0 bridgehead atoms. The molecule has 1 saturated heterocycles. The summed E-state index contributed by atoms with van der Waals surface area (Å²) in [4.78, 5) is 0. The molecule has 31 heavy (non-hydrogen) atoms. The molecule has 2 atom stereocenters. The highest BCUT2D eigenvalue weighted by Crippen LogP contribution is 2.35. The van der Waals surface area contributed by atoms with Crippen LogP contribution in [0.3, 0.4) is 0 Å². The van der Waals surface area contributed by atoms with E-state index in [1.807, 2.05) is 6.92 Å². The van der Waals surface area contributed by atoms with Crippen molar-refractivity contribution in [1.82, 2.24) is 0 Å². The number of rotatable bonds is 7. The maximum Gasteiger partial charge on any atom is 0.167 e. The monoisotopic (exact) mass is 424 g/mol. The first-order chi connectivity index (χ1) is 15.0. The summed E-state index contributed by atoms with van der Waals surface area (Å²) in [6.45, 7) is 2.38. The number of epoxide rings is 1. The van der Waals surface area contributed by atoms with Crippen LogP contribution in [-0.4, -0.2) is 11.7 Å². The fraction of sp³-hybridized carbons (Fsp3) is 0.231. The van der Waals surface area contributed by atoms with Gasteiger partial charge in [-0.15, -0.1) is 0 Å². The highest BCUT2D eigenvalue weighted by molar-refractivity contribution is 5.72. The maximum atomic E-state index is 14.5. The fourth-order valence-electron chi connectivity index (χ4n) is 3.55. The Bertz CT molecular complexity index is 1100. The maximum absolute atomic E-state index is 14.5. The lowest BCUT2D eigenvalue weighted by Crippen LogP contribution is -1.98.